The highest BCUT2D eigenvalue weighted by atomic mass is 35.5. The Kier molecular flexibility index (Phi) is 5.43. The SMILES string of the molecule is O=C(Nc1ncc(CN2C(=O)c3ccccc3C2=O)s1)C1CC(=O)N(c2ccc(Cl)cc2)C1. The van der Waals surface area contributed by atoms with Crippen LogP contribution in [0.4, 0.5) is 10.8 Å². The van der Waals surface area contributed by atoms with Crippen LogP contribution < -0.4 is 10.2 Å². The van der Waals surface area contributed by atoms with Crippen LogP contribution in [0.15, 0.2) is 54.7 Å². The quantitative estimate of drug-likeness (QED) is 0.562. The van der Waals surface area contributed by atoms with Gasteiger partial charge in [-0.3, -0.25) is 24.1 Å². The summed E-state index contributed by atoms with van der Waals surface area (Å²) in [7, 11) is 0. The van der Waals surface area contributed by atoms with Gasteiger partial charge < -0.3 is 10.2 Å². The van der Waals surface area contributed by atoms with Crippen molar-refractivity contribution >= 4 is 57.4 Å². The molecule has 5 rings (SSSR count). The van der Waals surface area contributed by atoms with Gasteiger partial charge in [-0.2, -0.15) is 0 Å². The van der Waals surface area contributed by atoms with Gasteiger partial charge in [0, 0.05) is 34.7 Å². The Morgan fingerprint density at radius 3 is 2.39 bits per heavy atom. The van der Waals surface area contributed by atoms with Crippen LogP contribution in [0, 0.1) is 5.92 Å². The minimum Gasteiger partial charge on any atom is -0.312 e. The van der Waals surface area contributed by atoms with Gasteiger partial charge in [-0.1, -0.05) is 35.1 Å². The fraction of sp³-hybridized carbons (Fsp3) is 0.174. The van der Waals surface area contributed by atoms with Crippen molar-refractivity contribution in [1.29, 1.82) is 0 Å². The third kappa shape index (κ3) is 4.01. The molecule has 166 valence electrons. The number of hydrogen-bond acceptors (Lipinski definition) is 6. The Morgan fingerprint density at radius 1 is 1.06 bits per heavy atom. The molecule has 2 aromatic carbocycles. The lowest BCUT2D eigenvalue weighted by atomic mass is 10.1. The minimum atomic E-state index is -0.517. The number of rotatable bonds is 5. The first kappa shape index (κ1) is 21.3. The first-order valence-corrected chi connectivity index (χ1v) is 11.4. The van der Waals surface area contributed by atoms with E-state index in [1.807, 2.05) is 0 Å². The Hall–Kier alpha value is -3.56. The Morgan fingerprint density at radius 2 is 1.73 bits per heavy atom. The zero-order valence-corrected chi connectivity index (χ0v) is 18.7. The molecule has 0 spiro atoms. The van der Waals surface area contributed by atoms with Gasteiger partial charge in [-0.25, -0.2) is 4.98 Å². The molecule has 33 heavy (non-hydrogen) atoms. The molecule has 1 fully saturated rings. The number of thiazole rings is 1. The highest BCUT2D eigenvalue weighted by molar-refractivity contribution is 7.15. The number of aromatic nitrogens is 1. The van der Waals surface area contributed by atoms with Crippen molar-refractivity contribution in [3.8, 4) is 0 Å². The van der Waals surface area contributed by atoms with Crippen molar-refractivity contribution in [1.82, 2.24) is 9.88 Å². The van der Waals surface area contributed by atoms with E-state index >= 15 is 0 Å². The van der Waals surface area contributed by atoms with Crippen LogP contribution in [0.1, 0.15) is 32.0 Å². The molecule has 0 bridgehead atoms. The standard InChI is InChI=1S/C23H17ClN4O4S/c24-14-5-7-15(8-6-14)27-11-13(9-19(27)29)20(30)26-23-25-10-16(33-23)12-28-21(31)17-3-1-2-4-18(17)22(28)32/h1-8,10,13H,9,11-12H2,(H,25,26,30). The first-order valence-electron chi connectivity index (χ1n) is 10.2. The number of carbonyl (C=O) groups is 4. The molecule has 1 saturated heterocycles. The van der Waals surface area contributed by atoms with Gasteiger partial charge >= 0.3 is 0 Å². The molecule has 1 atom stereocenters. The molecule has 4 amide bonds. The molecule has 1 N–H and O–H groups in total. The third-order valence-corrected chi connectivity index (χ3v) is 6.76. The number of imide groups is 1. The Labute approximate surface area is 197 Å². The summed E-state index contributed by atoms with van der Waals surface area (Å²) < 4.78 is 0. The van der Waals surface area contributed by atoms with Crippen LogP contribution in [0.3, 0.4) is 0 Å². The maximum atomic E-state index is 12.7. The van der Waals surface area contributed by atoms with Gasteiger partial charge in [-0.05, 0) is 36.4 Å². The van der Waals surface area contributed by atoms with E-state index in [9.17, 15) is 19.2 Å². The van der Waals surface area contributed by atoms with E-state index in [0.717, 1.165) is 0 Å². The van der Waals surface area contributed by atoms with Gasteiger partial charge in [0.05, 0.1) is 23.6 Å². The number of nitrogens with one attached hydrogen (secondary N) is 1. The fourth-order valence-corrected chi connectivity index (χ4v) is 4.87. The Balaban J connectivity index is 1.22. The zero-order valence-electron chi connectivity index (χ0n) is 17.2. The maximum absolute atomic E-state index is 12.7. The summed E-state index contributed by atoms with van der Waals surface area (Å²) >= 11 is 7.09. The predicted molar refractivity (Wildman–Crippen MR) is 123 cm³/mol. The van der Waals surface area contributed by atoms with E-state index in [4.69, 9.17) is 11.6 Å². The average Bonchev–Trinajstić information content (AvgIpc) is 3.48. The van der Waals surface area contributed by atoms with Crippen molar-refractivity contribution in [3.05, 3.63) is 75.8 Å². The number of carbonyl (C=O) groups excluding carboxylic acids is 4. The van der Waals surface area contributed by atoms with Crippen LogP contribution in [-0.2, 0) is 16.1 Å². The molecule has 3 heterocycles. The topological polar surface area (TPSA) is 99.7 Å². The van der Waals surface area contributed by atoms with E-state index < -0.39 is 5.92 Å². The van der Waals surface area contributed by atoms with E-state index in [0.29, 0.717) is 31.8 Å². The zero-order chi connectivity index (χ0) is 23.1. The van der Waals surface area contributed by atoms with Crippen LogP contribution in [0.2, 0.25) is 5.02 Å². The lowest BCUT2D eigenvalue weighted by Crippen LogP contribution is -2.28. The smallest absolute Gasteiger partial charge is 0.261 e. The summed E-state index contributed by atoms with van der Waals surface area (Å²) in [6, 6.07) is 13.6. The van der Waals surface area contributed by atoms with Gasteiger partial charge in [0.1, 0.15) is 0 Å². The molecule has 1 aromatic heterocycles. The largest absolute Gasteiger partial charge is 0.312 e. The summed E-state index contributed by atoms with van der Waals surface area (Å²) in [5.41, 5.74) is 1.46. The van der Waals surface area contributed by atoms with Gasteiger partial charge in [-0.15, -0.1) is 0 Å². The van der Waals surface area contributed by atoms with Crippen molar-refractivity contribution in [2.24, 2.45) is 5.92 Å². The van der Waals surface area contributed by atoms with E-state index in [1.54, 1.807) is 53.4 Å². The van der Waals surface area contributed by atoms with Gasteiger partial charge in [0.2, 0.25) is 11.8 Å². The maximum Gasteiger partial charge on any atom is 0.261 e. The molecule has 3 aromatic rings. The number of amides is 4. The second-order valence-electron chi connectivity index (χ2n) is 7.74. The summed E-state index contributed by atoms with van der Waals surface area (Å²) in [6.45, 7) is 0.339. The molecule has 0 radical (unpaired) electrons. The Bertz CT molecular complexity index is 1250. The molecule has 2 aliphatic heterocycles. The third-order valence-electron chi connectivity index (χ3n) is 5.61. The minimum absolute atomic E-state index is 0.0755. The van der Waals surface area contributed by atoms with Crippen molar-refractivity contribution in [2.45, 2.75) is 13.0 Å². The lowest BCUT2D eigenvalue weighted by molar-refractivity contribution is -0.122. The lowest BCUT2D eigenvalue weighted by Gasteiger charge is -2.16. The number of halogens is 1. The van der Waals surface area contributed by atoms with Crippen molar-refractivity contribution < 1.29 is 19.2 Å². The molecule has 1 unspecified atom stereocenters. The summed E-state index contributed by atoms with van der Waals surface area (Å²) in [5.74, 6) is -1.65. The second-order valence-corrected chi connectivity index (χ2v) is 9.30. The molecule has 10 heteroatoms. The molecular weight excluding hydrogens is 464 g/mol. The highest BCUT2D eigenvalue weighted by Gasteiger charge is 2.37. The van der Waals surface area contributed by atoms with Crippen LogP contribution in [-0.4, -0.2) is 40.1 Å². The van der Waals surface area contributed by atoms with Crippen molar-refractivity contribution in [3.63, 3.8) is 0 Å². The van der Waals surface area contributed by atoms with E-state index in [1.165, 1.54) is 22.4 Å². The first-order chi connectivity index (χ1) is 15.9. The molecule has 2 aliphatic rings. The number of hydrogen-bond donors (Lipinski definition) is 1. The average molecular weight is 481 g/mol. The van der Waals surface area contributed by atoms with Gasteiger partial charge in [0.15, 0.2) is 5.13 Å². The normalized spacial score (nSPS) is 17.6. The number of anilines is 2. The van der Waals surface area contributed by atoms with Gasteiger partial charge in [0.25, 0.3) is 11.8 Å². The van der Waals surface area contributed by atoms with Crippen molar-refractivity contribution in [2.75, 3.05) is 16.8 Å². The number of nitrogens with zero attached hydrogens (tertiary/aromatic N) is 3. The summed E-state index contributed by atoms with van der Waals surface area (Å²) in [5, 5.41) is 3.67. The van der Waals surface area contributed by atoms with Crippen LogP contribution in [0.5, 0.6) is 0 Å². The predicted octanol–water partition coefficient (Wildman–Crippen LogP) is 3.58. The van der Waals surface area contributed by atoms with E-state index in [-0.39, 0.29) is 43.1 Å². The second kappa shape index (κ2) is 8.42. The number of benzene rings is 2. The van der Waals surface area contributed by atoms with Crippen LogP contribution in [0.25, 0.3) is 0 Å². The number of fused-ring (bicyclic) bond motifs is 1. The fourth-order valence-electron chi connectivity index (χ4n) is 3.94. The highest BCUT2D eigenvalue weighted by Crippen LogP contribution is 2.29. The molecule has 0 saturated carbocycles. The molecule has 0 aliphatic carbocycles. The van der Waals surface area contributed by atoms with Crippen LogP contribution >= 0.6 is 22.9 Å². The van der Waals surface area contributed by atoms with E-state index in [2.05, 4.69) is 10.3 Å². The monoisotopic (exact) mass is 480 g/mol. The summed E-state index contributed by atoms with van der Waals surface area (Å²) in [6.07, 6.45) is 1.63. The summed E-state index contributed by atoms with van der Waals surface area (Å²) in [4.78, 5) is 57.8. The molecular formula is C23H17ClN4O4S. The molecule has 8 nitrogen and oxygen atoms in total.